The van der Waals surface area contributed by atoms with Crippen LogP contribution in [0.1, 0.15) is 59.4 Å². The van der Waals surface area contributed by atoms with E-state index in [0.29, 0.717) is 29.6 Å². The SMILES string of the molecule is CC(C)(C)OC(=O)N1CCC(c2ccc3c4c(Cl)ncnc4n(C(=O)OC(C)(C)C)c3c2)C1. The van der Waals surface area contributed by atoms with Gasteiger partial charge in [0.1, 0.15) is 22.7 Å². The van der Waals surface area contributed by atoms with Crippen LogP contribution in [-0.2, 0) is 9.47 Å². The highest BCUT2D eigenvalue weighted by Gasteiger charge is 2.31. The molecule has 1 saturated heterocycles. The van der Waals surface area contributed by atoms with E-state index in [-0.39, 0.29) is 17.2 Å². The lowest BCUT2D eigenvalue weighted by Gasteiger charge is -2.24. The molecular formula is C24H29ClN4O4. The van der Waals surface area contributed by atoms with Crippen LogP contribution < -0.4 is 0 Å². The molecule has 0 bridgehead atoms. The summed E-state index contributed by atoms with van der Waals surface area (Å²) in [6.07, 6.45) is 1.30. The number of carbonyl (C=O) groups excluding carboxylic acids is 2. The van der Waals surface area contributed by atoms with Crippen LogP contribution in [0.4, 0.5) is 9.59 Å². The van der Waals surface area contributed by atoms with Gasteiger partial charge in [0.15, 0.2) is 5.65 Å². The first-order valence-electron chi connectivity index (χ1n) is 11.0. The van der Waals surface area contributed by atoms with Crippen molar-refractivity contribution < 1.29 is 19.1 Å². The molecule has 1 fully saturated rings. The Morgan fingerprint density at radius 3 is 2.36 bits per heavy atom. The number of carbonyl (C=O) groups is 2. The zero-order valence-corrected chi connectivity index (χ0v) is 20.6. The molecule has 0 saturated carbocycles. The lowest BCUT2D eigenvalue weighted by molar-refractivity contribution is 0.0292. The molecule has 0 N–H and O–H groups in total. The zero-order chi connectivity index (χ0) is 24.1. The van der Waals surface area contributed by atoms with Crippen molar-refractivity contribution in [1.82, 2.24) is 19.4 Å². The first-order valence-corrected chi connectivity index (χ1v) is 11.4. The second-order valence-electron chi connectivity index (χ2n) is 10.4. The number of halogens is 1. The molecule has 3 aromatic rings. The first-order chi connectivity index (χ1) is 15.3. The van der Waals surface area contributed by atoms with Gasteiger partial charge in [-0.1, -0.05) is 23.7 Å². The van der Waals surface area contributed by atoms with Crippen molar-refractivity contribution in [1.29, 1.82) is 0 Å². The number of rotatable bonds is 1. The lowest BCUT2D eigenvalue weighted by Crippen LogP contribution is -2.35. The highest BCUT2D eigenvalue weighted by atomic mass is 35.5. The Bertz CT molecular complexity index is 1240. The van der Waals surface area contributed by atoms with Gasteiger partial charge in [-0.2, -0.15) is 0 Å². The van der Waals surface area contributed by atoms with Crippen LogP contribution in [0.15, 0.2) is 24.5 Å². The van der Waals surface area contributed by atoms with E-state index in [4.69, 9.17) is 21.1 Å². The van der Waals surface area contributed by atoms with Crippen LogP contribution in [0.3, 0.4) is 0 Å². The van der Waals surface area contributed by atoms with Gasteiger partial charge in [0.05, 0.1) is 10.9 Å². The van der Waals surface area contributed by atoms with E-state index < -0.39 is 17.3 Å². The normalized spacial score (nSPS) is 17.1. The van der Waals surface area contributed by atoms with Crippen molar-refractivity contribution in [2.24, 2.45) is 0 Å². The van der Waals surface area contributed by atoms with E-state index in [0.717, 1.165) is 17.4 Å². The Kier molecular flexibility index (Phi) is 5.76. The minimum Gasteiger partial charge on any atom is -0.444 e. The Hall–Kier alpha value is -2.87. The van der Waals surface area contributed by atoms with Crippen LogP contribution in [0.25, 0.3) is 21.9 Å². The molecule has 0 spiro atoms. The zero-order valence-electron chi connectivity index (χ0n) is 19.8. The fourth-order valence-corrected chi connectivity index (χ4v) is 4.32. The van der Waals surface area contributed by atoms with Crippen LogP contribution in [-0.4, -0.2) is 55.9 Å². The first kappa shape index (κ1) is 23.3. The number of fused-ring (bicyclic) bond motifs is 3. The van der Waals surface area contributed by atoms with Crippen LogP contribution in [0, 0.1) is 0 Å². The van der Waals surface area contributed by atoms with E-state index in [1.54, 1.807) is 4.90 Å². The molecule has 1 aliphatic heterocycles. The van der Waals surface area contributed by atoms with E-state index >= 15 is 0 Å². The summed E-state index contributed by atoms with van der Waals surface area (Å²) >= 11 is 6.39. The van der Waals surface area contributed by atoms with Gasteiger partial charge in [-0.05, 0) is 59.6 Å². The van der Waals surface area contributed by atoms with Crippen LogP contribution in [0.2, 0.25) is 5.15 Å². The maximum absolute atomic E-state index is 13.1. The molecule has 1 unspecified atom stereocenters. The standard InChI is InChI=1S/C24H29ClN4O4/c1-23(2,3)32-21(30)28-10-9-15(12-28)14-7-8-16-17(11-14)29(22(31)33-24(4,5)6)20-18(16)19(25)26-13-27-20/h7-8,11,13,15H,9-10,12H2,1-6H3. The summed E-state index contributed by atoms with van der Waals surface area (Å²) in [5.41, 5.74) is 0.856. The van der Waals surface area contributed by atoms with E-state index in [2.05, 4.69) is 9.97 Å². The van der Waals surface area contributed by atoms with Crippen molar-refractivity contribution in [3.8, 4) is 0 Å². The summed E-state index contributed by atoms with van der Waals surface area (Å²) in [6, 6.07) is 5.90. The molecule has 1 aromatic carbocycles. The number of ether oxygens (including phenoxy) is 2. The molecule has 4 rings (SSSR count). The molecule has 33 heavy (non-hydrogen) atoms. The second-order valence-corrected chi connectivity index (χ2v) is 10.7. The monoisotopic (exact) mass is 472 g/mol. The lowest BCUT2D eigenvalue weighted by atomic mass is 9.97. The third-order valence-corrected chi connectivity index (χ3v) is 5.70. The molecule has 8 nitrogen and oxygen atoms in total. The molecule has 1 atom stereocenters. The van der Waals surface area contributed by atoms with E-state index in [1.807, 2.05) is 59.7 Å². The predicted molar refractivity (Wildman–Crippen MR) is 127 cm³/mol. The molecule has 1 amide bonds. The highest BCUT2D eigenvalue weighted by Crippen LogP contribution is 2.36. The Morgan fingerprint density at radius 1 is 1.03 bits per heavy atom. The summed E-state index contributed by atoms with van der Waals surface area (Å²) in [4.78, 5) is 35.8. The molecule has 0 radical (unpaired) electrons. The molecule has 3 heterocycles. The van der Waals surface area contributed by atoms with Crippen molar-refractivity contribution in [2.45, 2.75) is 65.1 Å². The van der Waals surface area contributed by atoms with Crippen molar-refractivity contribution in [3.63, 3.8) is 0 Å². The van der Waals surface area contributed by atoms with E-state index in [9.17, 15) is 9.59 Å². The van der Waals surface area contributed by atoms with Crippen molar-refractivity contribution in [2.75, 3.05) is 13.1 Å². The largest absolute Gasteiger partial charge is 0.444 e. The summed E-state index contributed by atoms with van der Waals surface area (Å²) in [7, 11) is 0. The van der Waals surface area contributed by atoms with Gasteiger partial charge in [-0.25, -0.2) is 24.1 Å². The number of benzene rings is 1. The van der Waals surface area contributed by atoms with Crippen molar-refractivity contribution >= 4 is 45.7 Å². The van der Waals surface area contributed by atoms with Crippen molar-refractivity contribution in [3.05, 3.63) is 35.2 Å². The van der Waals surface area contributed by atoms with Gasteiger partial charge in [-0.3, -0.25) is 0 Å². The summed E-state index contributed by atoms with van der Waals surface area (Å²) in [5, 5.41) is 1.65. The maximum atomic E-state index is 13.1. The molecule has 9 heteroatoms. The Labute approximate surface area is 197 Å². The summed E-state index contributed by atoms with van der Waals surface area (Å²) < 4.78 is 12.6. The van der Waals surface area contributed by atoms with Gasteiger partial charge >= 0.3 is 12.2 Å². The third-order valence-electron chi connectivity index (χ3n) is 5.41. The number of likely N-dealkylation sites (tertiary alicyclic amines) is 1. The van der Waals surface area contributed by atoms with Gasteiger partial charge < -0.3 is 14.4 Å². The van der Waals surface area contributed by atoms with Gasteiger partial charge in [0.2, 0.25) is 0 Å². The predicted octanol–water partition coefficient (Wildman–Crippen LogP) is 5.75. The number of hydrogen-bond donors (Lipinski definition) is 0. The molecular weight excluding hydrogens is 444 g/mol. The average molecular weight is 473 g/mol. The topological polar surface area (TPSA) is 86.5 Å². The van der Waals surface area contributed by atoms with Gasteiger partial charge in [0, 0.05) is 24.4 Å². The smallest absolute Gasteiger partial charge is 0.420 e. The number of amides is 1. The molecule has 176 valence electrons. The number of aromatic nitrogens is 3. The quantitative estimate of drug-likeness (QED) is 0.419. The number of hydrogen-bond acceptors (Lipinski definition) is 6. The fourth-order valence-electron chi connectivity index (χ4n) is 4.09. The molecule has 0 aliphatic carbocycles. The summed E-state index contributed by atoms with van der Waals surface area (Å²) in [5.74, 6) is 0.119. The number of nitrogens with zero attached hydrogens (tertiary/aromatic N) is 4. The maximum Gasteiger partial charge on any atom is 0.420 e. The minimum absolute atomic E-state index is 0.119. The van der Waals surface area contributed by atoms with Gasteiger partial charge in [-0.15, -0.1) is 0 Å². The van der Waals surface area contributed by atoms with Gasteiger partial charge in [0.25, 0.3) is 0 Å². The fraction of sp³-hybridized carbons (Fsp3) is 0.500. The minimum atomic E-state index is -0.673. The van der Waals surface area contributed by atoms with E-state index in [1.165, 1.54) is 10.9 Å². The highest BCUT2D eigenvalue weighted by molar-refractivity contribution is 6.36. The summed E-state index contributed by atoms with van der Waals surface area (Å²) in [6.45, 7) is 12.2. The van der Waals surface area contributed by atoms with Crippen LogP contribution >= 0.6 is 11.6 Å². The third kappa shape index (κ3) is 4.76. The second kappa shape index (κ2) is 8.17. The Morgan fingerprint density at radius 2 is 1.70 bits per heavy atom. The van der Waals surface area contributed by atoms with Crippen LogP contribution in [0.5, 0.6) is 0 Å². The Balaban J connectivity index is 1.74. The average Bonchev–Trinajstić information content (AvgIpc) is 3.28. The molecule has 1 aliphatic rings. The molecule has 2 aromatic heterocycles.